The van der Waals surface area contributed by atoms with Crippen molar-refractivity contribution in [1.29, 1.82) is 0 Å². The molecule has 78 valence electrons. The summed E-state index contributed by atoms with van der Waals surface area (Å²) in [5, 5.41) is 1.63. The standard InChI is InChI=1S/C12H5BrO3/c13-9-5-8-10(12(15)16-11(8)14)7-4-2-1-3-6(7)9/h1-5H. The Bertz CT molecular complexity index is 646. The first-order chi connectivity index (χ1) is 7.68. The van der Waals surface area contributed by atoms with E-state index in [2.05, 4.69) is 20.7 Å². The Morgan fingerprint density at radius 1 is 1.00 bits per heavy atom. The first kappa shape index (κ1) is 9.54. The molecule has 0 spiro atoms. The van der Waals surface area contributed by atoms with Crippen LogP contribution in [0.3, 0.4) is 0 Å². The monoisotopic (exact) mass is 276 g/mol. The molecule has 0 atom stereocenters. The number of esters is 2. The molecule has 3 rings (SSSR count). The van der Waals surface area contributed by atoms with E-state index < -0.39 is 11.9 Å². The van der Waals surface area contributed by atoms with Crippen LogP contribution in [0.4, 0.5) is 0 Å². The number of carbonyl (C=O) groups is 2. The number of halogens is 1. The van der Waals surface area contributed by atoms with Gasteiger partial charge in [0, 0.05) is 4.47 Å². The molecule has 1 aliphatic rings. The van der Waals surface area contributed by atoms with Gasteiger partial charge in [-0.25, -0.2) is 9.59 Å². The third-order valence-corrected chi connectivity index (χ3v) is 3.26. The zero-order valence-corrected chi connectivity index (χ0v) is 9.58. The quantitative estimate of drug-likeness (QED) is 0.549. The molecular weight excluding hydrogens is 272 g/mol. The first-order valence-electron chi connectivity index (χ1n) is 4.66. The third-order valence-electron chi connectivity index (χ3n) is 2.60. The number of fused-ring (bicyclic) bond motifs is 3. The fraction of sp³-hybridized carbons (Fsp3) is 0. The smallest absolute Gasteiger partial charge is 0.347 e. The number of cyclic esters (lactones) is 2. The largest absolute Gasteiger partial charge is 0.386 e. The average Bonchev–Trinajstić information content (AvgIpc) is 2.55. The van der Waals surface area contributed by atoms with Crippen molar-refractivity contribution in [3.8, 4) is 0 Å². The van der Waals surface area contributed by atoms with Gasteiger partial charge in [0.25, 0.3) is 0 Å². The van der Waals surface area contributed by atoms with Gasteiger partial charge in [-0.1, -0.05) is 40.2 Å². The van der Waals surface area contributed by atoms with Gasteiger partial charge < -0.3 is 4.74 Å². The summed E-state index contributed by atoms with van der Waals surface area (Å²) in [6.45, 7) is 0. The zero-order valence-electron chi connectivity index (χ0n) is 7.99. The van der Waals surface area contributed by atoms with Crippen LogP contribution >= 0.6 is 15.9 Å². The van der Waals surface area contributed by atoms with Gasteiger partial charge in [-0.3, -0.25) is 0 Å². The molecule has 0 radical (unpaired) electrons. The molecule has 0 bridgehead atoms. The normalized spacial score (nSPS) is 14.1. The Morgan fingerprint density at radius 2 is 1.69 bits per heavy atom. The molecule has 1 heterocycles. The molecule has 2 aromatic rings. The lowest BCUT2D eigenvalue weighted by molar-refractivity contribution is 0.0444. The summed E-state index contributed by atoms with van der Waals surface area (Å²) >= 11 is 3.38. The van der Waals surface area contributed by atoms with Gasteiger partial charge in [-0.05, 0) is 16.8 Å². The van der Waals surface area contributed by atoms with Gasteiger partial charge in [-0.15, -0.1) is 0 Å². The Hall–Kier alpha value is -1.68. The highest BCUT2D eigenvalue weighted by Crippen LogP contribution is 2.33. The van der Waals surface area contributed by atoms with Crippen molar-refractivity contribution >= 4 is 38.6 Å². The molecule has 3 nitrogen and oxygen atoms in total. The average molecular weight is 277 g/mol. The van der Waals surface area contributed by atoms with Crippen LogP contribution in [0.2, 0.25) is 0 Å². The molecule has 1 aliphatic heterocycles. The van der Waals surface area contributed by atoms with E-state index in [1.54, 1.807) is 12.1 Å². The molecule has 0 N–H and O–H groups in total. The number of hydrogen-bond acceptors (Lipinski definition) is 3. The highest BCUT2D eigenvalue weighted by Gasteiger charge is 2.32. The van der Waals surface area contributed by atoms with Crippen LogP contribution in [0.25, 0.3) is 10.8 Å². The van der Waals surface area contributed by atoms with E-state index in [0.29, 0.717) is 11.1 Å². The van der Waals surface area contributed by atoms with E-state index in [1.165, 1.54) is 0 Å². The minimum Gasteiger partial charge on any atom is -0.386 e. The van der Waals surface area contributed by atoms with Gasteiger partial charge >= 0.3 is 11.9 Å². The molecule has 0 aromatic heterocycles. The number of rotatable bonds is 0. The predicted octanol–water partition coefficient (Wildman–Crippen LogP) is 2.91. The van der Waals surface area contributed by atoms with Crippen LogP contribution in [0.1, 0.15) is 20.7 Å². The van der Waals surface area contributed by atoms with Gasteiger partial charge in [0.15, 0.2) is 0 Å². The Labute approximate surface area is 99.1 Å². The SMILES string of the molecule is O=C1OC(=O)c2c1cc(Br)c1ccccc21. The summed E-state index contributed by atoms with van der Waals surface area (Å²) in [7, 11) is 0. The lowest BCUT2D eigenvalue weighted by Gasteiger charge is -2.03. The molecule has 0 unspecified atom stereocenters. The van der Waals surface area contributed by atoms with Crippen molar-refractivity contribution in [2.45, 2.75) is 0 Å². The summed E-state index contributed by atoms with van der Waals surface area (Å²) in [5.41, 5.74) is 0.694. The van der Waals surface area contributed by atoms with Crippen LogP contribution < -0.4 is 0 Å². The number of benzene rings is 2. The number of ether oxygens (including phenoxy) is 1. The van der Waals surface area contributed by atoms with E-state index in [1.807, 2.05) is 18.2 Å². The lowest BCUT2D eigenvalue weighted by Crippen LogP contribution is -1.97. The topological polar surface area (TPSA) is 43.4 Å². The summed E-state index contributed by atoms with van der Waals surface area (Å²) in [6, 6.07) is 9.02. The predicted molar refractivity (Wildman–Crippen MR) is 61.4 cm³/mol. The Morgan fingerprint density at radius 3 is 2.44 bits per heavy atom. The van der Waals surface area contributed by atoms with Crippen molar-refractivity contribution in [3.63, 3.8) is 0 Å². The second kappa shape index (κ2) is 3.15. The fourth-order valence-electron chi connectivity index (χ4n) is 1.90. The number of hydrogen-bond donors (Lipinski definition) is 0. The second-order valence-corrected chi connectivity index (χ2v) is 4.36. The molecule has 16 heavy (non-hydrogen) atoms. The van der Waals surface area contributed by atoms with Gasteiger partial charge in [-0.2, -0.15) is 0 Å². The van der Waals surface area contributed by atoms with Crippen LogP contribution in [0.5, 0.6) is 0 Å². The molecule has 2 aromatic carbocycles. The van der Waals surface area contributed by atoms with Crippen molar-refractivity contribution in [2.75, 3.05) is 0 Å². The highest BCUT2D eigenvalue weighted by atomic mass is 79.9. The zero-order chi connectivity index (χ0) is 11.3. The highest BCUT2D eigenvalue weighted by molar-refractivity contribution is 9.10. The molecule has 0 aliphatic carbocycles. The van der Waals surface area contributed by atoms with Gasteiger partial charge in [0.2, 0.25) is 0 Å². The first-order valence-corrected chi connectivity index (χ1v) is 5.45. The maximum absolute atomic E-state index is 11.5. The van der Waals surface area contributed by atoms with Crippen LogP contribution in [-0.4, -0.2) is 11.9 Å². The second-order valence-electron chi connectivity index (χ2n) is 3.50. The van der Waals surface area contributed by atoms with E-state index in [-0.39, 0.29) is 0 Å². The van der Waals surface area contributed by atoms with Crippen LogP contribution in [-0.2, 0) is 4.74 Å². The molecule has 0 amide bonds. The Kier molecular flexibility index (Phi) is 1.88. The van der Waals surface area contributed by atoms with Crippen LogP contribution in [0.15, 0.2) is 34.8 Å². The summed E-state index contributed by atoms with van der Waals surface area (Å²) < 4.78 is 5.38. The van der Waals surface area contributed by atoms with E-state index in [4.69, 9.17) is 0 Å². The van der Waals surface area contributed by atoms with Crippen molar-refractivity contribution < 1.29 is 14.3 Å². The number of carbonyl (C=O) groups excluding carboxylic acids is 2. The minimum absolute atomic E-state index is 0.329. The summed E-state index contributed by atoms with van der Waals surface area (Å²) in [6.07, 6.45) is 0. The van der Waals surface area contributed by atoms with Crippen molar-refractivity contribution in [1.82, 2.24) is 0 Å². The van der Waals surface area contributed by atoms with Crippen LogP contribution in [0, 0.1) is 0 Å². The molecule has 4 heteroatoms. The minimum atomic E-state index is -0.577. The van der Waals surface area contributed by atoms with Crippen molar-refractivity contribution in [3.05, 3.63) is 45.9 Å². The maximum Gasteiger partial charge on any atom is 0.347 e. The third kappa shape index (κ3) is 1.13. The Balaban J connectivity index is 2.53. The lowest BCUT2D eigenvalue weighted by atomic mass is 10.0. The summed E-state index contributed by atoms with van der Waals surface area (Å²) in [4.78, 5) is 23.0. The van der Waals surface area contributed by atoms with Gasteiger partial charge in [0.05, 0.1) is 11.1 Å². The van der Waals surface area contributed by atoms with Gasteiger partial charge in [0.1, 0.15) is 0 Å². The maximum atomic E-state index is 11.5. The molecule has 0 saturated heterocycles. The summed E-state index contributed by atoms with van der Waals surface area (Å²) in [5.74, 6) is -1.14. The molecule has 0 fully saturated rings. The molecular formula is C12H5BrO3. The molecule has 0 saturated carbocycles. The van der Waals surface area contributed by atoms with E-state index in [9.17, 15) is 9.59 Å². The fourth-order valence-corrected chi connectivity index (χ4v) is 2.48. The van der Waals surface area contributed by atoms with E-state index in [0.717, 1.165) is 15.2 Å². The van der Waals surface area contributed by atoms with E-state index >= 15 is 0 Å². The van der Waals surface area contributed by atoms with Crippen molar-refractivity contribution in [2.24, 2.45) is 0 Å².